The summed E-state index contributed by atoms with van der Waals surface area (Å²) in [6.45, 7) is 3.75. The minimum atomic E-state index is -0.533. The molecule has 1 heterocycles. The van der Waals surface area contributed by atoms with Gasteiger partial charge in [0.25, 0.3) is 5.91 Å². The maximum absolute atomic E-state index is 13.2. The van der Waals surface area contributed by atoms with Crippen LogP contribution < -0.4 is 11.1 Å². The smallest absolute Gasteiger partial charge is 0.250 e. The van der Waals surface area contributed by atoms with Gasteiger partial charge < -0.3 is 15.8 Å². The van der Waals surface area contributed by atoms with Crippen LogP contribution in [0.3, 0.4) is 0 Å². The molecule has 0 spiro atoms. The molecule has 4 saturated carbocycles. The molecule has 2 amide bonds. The molecule has 8 heteroatoms. The van der Waals surface area contributed by atoms with Crippen molar-refractivity contribution in [1.82, 2.24) is 10.2 Å². The fraction of sp³-hybridized carbons (Fsp3) is 0.667. The van der Waals surface area contributed by atoms with E-state index in [1.807, 2.05) is 18.2 Å². The first kappa shape index (κ1) is 22.5. The highest BCUT2D eigenvalue weighted by molar-refractivity contribution is 6.36. The van der Waals surface area contributed by atoms with Crippen molar-refractivity contribution in [3.05, 3.63) is 33.8 Å². The Morgan fingerprint density at radius 1 is 1.19 bits per heavy atom. The number of carbonyl (C=O) groups excluding carboxylic acids is 2. The number of nitrogens with one attached hydrogen (secondary N) is 1. The number of morpholine rings is 1. The second-order valence-electron chi connectivity index (χ2n) is 10.3. The lowest BCUT2D eigenvalue weighted by atomic mass is 9.47. The van der Waals surface area contributed by atoms with Crippen molar-refractivity contribution in [2.45, 2.75) is 57.2 Å². The molecule has 0 aromatic heterocycles. The highest BCUT2D eigenvalue weighted by Gasteiger charge is 2.58. The molecule has 4 aliphatic carbocycles. The fourth-order valence-corrected chi connectivity index (χ4v) is 7.80. The largest absolute Gasteiger partial charge is 0.369 e. The van der Waals surface area contributed by atoms with Crippen molar-refractivity contribution in [2.75, 3.05) is 19.7 Å². The molecule has 1 aromatic rings. The Hall–Kier alpha value is -1.34. The zero-order valence-electron chi connectivity index (χ0n) is 18.4. The summed E-state index contributed by atoms with van der Waals surface area (Å²) in [6.07, 6.45) is 4.17. The number of primary amides is 1. The molecule has 6 rings (SSSR count). The molecule has 1 aliphatic heterocycles. The van der Waals surface area contributed by atoms with Gasteiger partial charge in [-0.15, -0.1) is 0 Å². The summed E-state index contributed by atoms with van der Waals surface area (Å²) in [5.74, 6) is 1.02. The van der Waals surface area contributed by atoms with Gasteiger partial charge in [0, 0.05) is 46.2 Å². The quantitative estimate of drug-likeness (QED) is 0.675. The van der Waals surface area contributed by atoms with E-state index in [4.69, 9.17) is 33.7 Å². The molecular formula is C24H31Cl2N3O3. The van der Waals surface area contributed by atoms with Crippen molar-refractivity contribution in [3.8, 4) is 0 Å². The second-order valence-corrected chi connectivity index (χ2v) is 11.1. The van der Waals surface area contributed by atoms with E-state index >= 15 is 0 Å². The first-order valence-electron chi connectivity index (χ1n) is 11.7. The van der Waals surface area contributed by atoms with Crippen LogP contribution >= 0.6 is 23.2 Å². The van der Waals surface area contributed by atoms with Gasteiger partial charge >= 0.3 is 0 Å². The molecule has 1 saturated heterocycles. The molecule has 1 aromatic carbocycles. The zero-order valence-corrected chi connectivity index (χ0v) is 19.9. The summed E-state index contributed by atoms with van der Waals surface area (Å²) in [6, 6.07) is 5.61. The van der Waals surface area contributed by atoms with E-state index in [0.29, 0.717) is 47.5 Å². The Morgan fingerprint density at radius 3 is 2.47 bits per heavy atom. The average molecular weight is 480 g/mol. The van der Waals surface area contributed by atoms with E-state index < -0.39 is 6.10 Å². The number of nitrogens with zero attached hydrogens (tertiary/aromatic N) is 1. The molecular weight excluding hydrogens is 449 g/mol. The van der Waals surface area contributed by atoms with Gasteiger partial charge in [0.05, 0.1) is 6.61 Å². The fourth-order valence-electron chi connectivity index (χ4n) is 7.09. The van der Waals surface area contributed by atoms with Gasteiger partial charge in [-0.3, -0.25) is 14.5 Å². The van der Waals surface area contributed by atoms with Gasteiger partial charge in [-0.1, -0.05) is 29.3 Å². The third kappa shape index (κ3) is 3.83. The lowest BCUT2D eigenvalue weighted by Crippen LogP contribution is -2.63. The van der Waals surface area contributed by atoms with Crippen LogP contribution in [0.15, 0.2) is 18.2 Å². The van der Waals surface area contributed by atoms with E-state index in [2.05, 4.69) is 17.1 Å². The first-order chi connectivity index (χ1) is 15.3. The number of hydrogen-bond donors (Lipinski definition) is 2. The van der Waals surface area contributed by atoms with Crippen LogP contribution in [0.4, 0.5) is 0 Å². The van der Waals surface area contributed by atoms with Crippen LogP contribution in [-0.4, -0.2) is 48.6 Å². The van der Waals surface area contributed by atoms with E-state index in [-0.39, 0.29) is 29.3 Å². The van der Waals surface area contributed by atoms with Crippen molar-refractivity contribution in [3.63, 3.8) is 0 Å². The Kier molecular flexibility index (Phi) is 5.94. The maximum atomic E-state index is 13.2. The topological polar surface area (TPSA) is 84.7 Å². The van der Waals surface area contributed by atoms with Gasteiger partial charge in [0.1, 0.15) is 6.10 Å². The molecule has 3 unspecified atom stereocenters. The number of carbonyl (C=O) groups is 2. The van der Waals surface area contributed by atoms with Gasteiger partial charge in [-0.05, 0) is 68.9 Å². The van der Waals surface area contributed by atoms with E-state index in [1.54, 1.807) is 0 Å². The van der Waals surface area contributed by atoms with Crippen molar-refractivity contribution in [1.29, 1.82) is 0 Å². The Bertz CT molecular complexity index is 890. The standard InChI is InChI=1S/C24H31Cl2N3O3/c1-13(20-17(25)3-2-4-18(20)26)29-5-6-32-19(12-29)22(30)28-21-15-7-14-8-16(21)11-24(9-14,10-15)23(27)31/h2-4,13-16,19,21H,5-12H2,1H3,(H2,27,31)(H,28,30)/t13-,14?,15?,16?,19?,21?,24?/m1/s1. The predicted octanol–water partition coefficient (Wildman–Crippen LogP) is 3.55. The van der Waals surface area contributed by atoms with Crippen LogP contribution in [0, 0.1) is 23.2 Å². The van der Waals surface area contributed by atoms with Gasteiger partial charge in [-0.2, -0.15) is 0 Å². The average Bonchev–Trinajstić information content (AvgIpc) is 2.75. The summed E-state index contributed by atoms with van der Waals surface area (Å²) < 4.78 is 5.87. The number of benzene rings is 1. The summed E-state index contributed by atoms with van der Waals surface area (Å²) in [5.41, 5.74) is 6.33. The number of rotatable bonds is 5. The van der Waals surface area contributed by atoms with Crippen LogP contribution in [-0.2, 0) is 14.3 Å². The number of ether oxygens (including phenoxy) is 1. The van der Waals surface area contributed by atoms with E-state index in [1.165, 1.54) is 0 Å². The third-order valence-electron chi connectivity index (χ3n) is 8.46. The third-order valence-corrected chi connectivity index (χ3v) is 9.12. The zero-order chi connectivity index (χ0) is 22.6. The minimum absolute atomic E-state index is 0.0213. The van der Waals surface area contributed by atoms with E-state index in [9.17, 15) is 9.59 Å². The maximum Gasteiger partial charge on any atom is 0.250 e. The number of amides is 2. The molecule has 5 aliphatic rings. The Labute approximate surface area is 199 Å². The van der Waals surface area contributed by atoms with Crippen molar-refractivity contribution in [2.24, 2.45) is 28.9 Å². The van der Waals surface area contributed by atoms with Gasteiger partial charge in [0.15, 0.2) is 0 Å². The van der Waals surface area contributed by atoms with Crippen LogP contribution in [0.25, 0.3) is 0 Å². The molecule has 6 nitrogen and oxygen atoms in total. The summed E-state index contributed by atoms with van der Waals surface area (Å²) in [4.78, 5) is 27.6. The SMILES string of the molecule is C[C@H](c1c(Cl)cccc1Cl)N1CCOC(C(=O)NC2C3CC4CC2CC(C(N)=O)(C4)C3)C1. The Balaban J connectivity index is 1.25. The summed E-state index contributed by atoms with van der Waals surface area (Å²) in [7, 11) is 0. The highest BCUT2D eigenvalue weighted by Crippen LogP contribution is 2.59. The first-order valence-corrected chi connectivity index (χ1v) is 12.4. The highest BCUT2D eigenvalue weighted by atomic mass is 35.5. The number of halogens is 2. The molecule has 0 radical (unpaired) electrons. The number of nitrogens with two attached hydrogens (primary N) is 1. The van der Waals surface area contributed by atoms with E-state index in [0.717, 1.165) is 37.7 Å². The molecule has 32 heavy (non-hydrogen) atoms. The molecule has 4 bridgehead atoms. The molecule has 174 valence electrons. The Morgan fingerprint density at radius 2 is 1.84 bits per heavy atom. The van der Waals surface area contributed by atoms with Gasteiger partial charge in [-0.25, -0.2) is 0 Å². The van der Waals surface area contributed by atoms with Crippen LogP contribution in [0.1, 0.15) is 50.6 Å². The minimum Gasteiger partial charge on any atom is -0.369 e. The normalized spacial score (nSPS) is 37.3. The molecule has 3 N–H and O–H groups in total. The van der Waals surface area contributed by atoms with Gasteiger partial charge in [0.2, 0.25) is 5.91 Å². The molecule has 4 atom stereocenters. The van der Waals surface area contributed by atoms with Crippen molar-refractivity contribution >= 4 is 35.0 Å². The van der Waals surface area contributed by atoms with Crippen molar-refractivity contribution < 1.29 is 14.3 Å². The lowest BCUT2D eigenvalue weighted by Gasteiger charge is -2.59. The molecule has 5 fully saturated rings. The van der Waals surface area contributed by atoms with Crippen LogP contribution in [0.5, 0.6) is 0 Å². The van der Waals surface area contributed by atoms with Crippen LogP contribution in [0.2, 0.25) is 10.0 Å². The lowest BCUT2D eigenvalue weighted by molar-refractivity contribution is -0.151. The monoisotopic (exact) mass is 479 g/mol. The number of hydrogen-bond acceptors (Lipinski definition) is 4. The summed E-state index contributed by atoms with van der Waals surface area (Å²) >= 11 is 12.8. The predicted molar refractivity (Wildman–Crippen MR) is 123 cm³/mol. The summed E-state index contributed by atoms with van der Waals surface area (Å²) in [5, 5.41) is 4.58. The second kappa shape index (κ2) is 8.46.